The molecule has 0 unspecified atom stereocenters. The summed E-state index contributed by atoms with van der Waals surface area (Å²) >= 11 is 0. The van der Waals surface area contributed by atoms with Gasteiger partial charge in [-0.1, -0.05) is 42.5 Å². The summed E-state index contributed by atoms with van der Waals surface area (Å²) in [5.41, 5.74) is 3.83. The fourth-order valence-electron chi connectivity index (χ4n) is 1.96. The number of hydrogen-bond acceptors (Lipinski definition) is 2. The van der Waals surface area contributed by atoms with Crippen molar-refractivity contribution in [3.63, 3.8) is 0 Å². The van der Waals surface area contributed by atoms with Gasteiger partial charge in [-0.25, -0.2) is 0 Å². The van der Waals surface area contributed by atoms with Gasteiger partial charge in [0.15, 0.2) is 5.78 Å². The van der Waals surface area contributed by atoms with E-state index >= 15 is 0 Å². The van der Waals surface area contributed by atoms with Gasteiger partial charge in [0.1, 0.15) is 0 Å². The molecule has 0 aromatic heterocycles. The third-order valence-corrected chi connectivity index (χ3v) is 3.10. The molecule has 0 atom stereocenters. The van der Waals surface area contributed by atoms with Crippen molar-refractivity contribution in [2.75, 3.05) is 0 Å². The molecule has 0 heterocycles. The predicted octanol–water partition coefficient (Wildman–Crippen LogP) is 3.19. The van der Waals surface area contributed by atoms with Crippen LogP contribution in [0.4, 0.5) is 0 Å². The minimum absolute atomic E-state index is 0.0387. The van der Waals surface area contributed by atoms with Crippen molar-refractivity contribution < 1.29 is 9.59 Å². The van der Waals surface area contributed by atoms with Gasteiger partial charge < -0.3 is 5.32 Å². The first kappa shape index (κ1) is 14.0. The second kappa shape index (κ2) is 6.15. The molecule has 0 aliphatic heterocycles. The minimum Gasteiger partial charge on any atom is -0.352 e. The lowest BCUT2D eigenvalue weighted by Crippen LogP contribution is -2.18. The zero-order valence-corrected chi connectivity index (χ0v) is 11.6. The predicted molar refractivity (Wildman–Crippen MR) is 79.4 cm³/mol. The number of rotatable bonds is 4. The van der Waals surface area contributed by atoms with Gasteiger partial charge in [-0.15, -0.1) is 0 Å². The Bertz CT molecular complexity index is 630. The lowest BCUT2D eigenvalue weighted by atomic mass is 10.0. The number of ketones is 1. The molecule has 3 heteroatoms. The molecule has 2 aromatic rings. The van der Waals surface area contributed by atoms with Crippen molar-refractivity contribution in [3.8, 4) is 11.1 Å². The van der Waals surface area contributed by atoms with Crippen molar-refractivity contribution in [2.45, 2.75) is 20.4 Å². The molecule has 1 amide bonds. The highest BCUT2D eigenvalue weighted by Gasteiger charge is 2.03. The Morgan fingerprint density at radius 2 is 1.65 bits per heavy atom. The summed E-state index contributed by atoms with van der Waals surface area (Å²) in [6.45, 7) is 3.60. The molecule has 1 N–H and O–H groups in total. The number of carbonyl (C=O) groups is 2. The second-order valence-electron chi connectivity index (χ2n) is 4.74. The molecule has 0 radical (unpaired) electrons. The van der Waals surface area contributed by atoms with E-state index in [-0.39, 0.29) is 11.7 Å². The van der Waals surface area contributed by atoms with Crippen LogP contribution in [0.3, 0.4) is 0 Å². The SMILES string of the molecule is CC(=O)NCc1ccc(-c2cccc(C(C)=O)c2)cc1. The van der Waals surface area contributed by atoms with Crippen molar-refractivity contribution in [1.82, 2.24) is 5.32 Å². The minimum atomic E-state index is -0.0387. The summed E-state index contributed by atoms with van der Waals surface area (Å²) in [5.74, 6) is 0.0253. The van der Waals surface area contributed by atoms with Crippen molar-refractivity contribution in [3.05, 3.63) is 59.7 Å². The number of Topliss-reactive ketones (excluding diaryl/α,β-unsaturated/α-hetero) is 1. The summed E-state index contributed by atoms with van der Waals surface area (Å²) in [7, 11) is 0. The topological polar surface area (TPSA) is 46.2 Å². The molecular weight excluding hydrogens is 250 g/mol. The molecule has 2 aromatic carbocycles. The van der Waals surface area contributed by atoms with Crippen LogP contribution in [0.2, 0.25) is 0 Å². The molecular formula is C17H17NO2. The first-order chi connectivity index (χ1) is 9.56. The van der Waals surface area contributed by atoms with Gasteiger partial charge in [-0.3, -0.25) is 9.59 Å². The standard InChI is InChI=1S/C17H17NO2/c1-12(19)16-4-3-5-17(10-16)15-8-6-14(7-9-15)11-18-13(2)20/h3-10H,11H2,1-2H3,(H,18,20). The Kier molecular flexibility index (Phi) is 4.31. The lowest BCUT2D eigenvalue weighted by molar-refractivity contribution is -0.119. The third kappa shape index (κ3) is 3.54. The fraction of sp³-hybridized carbons (Fsp3) is 0.176. The van der Waals surface area contributed by atoms with Gasteiger partial charge in [0.05, 0.1) is 0 Å². The number of amides is 1. The van der Waals surface area contributed by atoms with Crippen LogP contribution in [-0.2, 0) is 11.3 Å². The molecule has 0 aliphatic rings. The van der Waals surface area contributed by atoms with Crippen LogP contribution in [0, 0.1) is 0 Å². The van der Waals surface area contributed by atoms with Crippen LogP contribution in [0.5, 0.6) is 0 Å². The van der Waals surface area contributed by atoms with E-state index < -0.39 is 0 Å². The highest BCUT2D eigenvalue weighted by Crippen LogP contribution is 2.21. The second-order valence-corrected chi connectivity index (χ2v) is 4.74. The van der Waals surface area contributed by atoms with Crippen LogP contribution < -0.4 is 5.32 Å². The highest BCUT2D eigenvalue weighted by atomic mass is 16.1. The molecule has 0 aliphatic carbocycles. The van der Waals surface area contributed by atoms with Gasteiger partial charge >= 0.3 is 0 Å². The maximum Gasteiger partial charge on any atom is 0.217 e. The first-order valence-electron chi connectivity index (χ1n) is 6.51. The van der Waals surface area contributed by atoms with Gasteiger partial charge in [-0.05, 0) is 29.7 Å². The van der Waals surface area contributed by atoms with E-state index in [9.17, 15) is 9.59 Å². The van der Waals surface area contributed by atoms with E-state index in [2.05, 4.69) is 5.32 Å². The summed E-state index contributed by atoms with van der Waals surface area (Å²) in [6.07, 6.45) is 0. The van der Waals surface area contributed by atoms with E-state index in [1.807, 2.05) is 48.5 Å². The van der Waals surface area contributed by atoms with Crippen LogP contribution in [-0.4, -0.2) is 11.7 Å². The molecule has 0 saturated carbocycles. The van der Waals surface area contributed by atoms with Crippen molar-refractivity contribution >= 4 is 11.7 Å². The molecule has 0 spiro atoms. The smallest absolute Gasteiger partial charge is 0.217 e. The highest BCUT2D eigenvalue weighted by molar-refractivity contribution is 5.95. The Morgan fingerprint density at radius 3 is 2.25 bits per heavy atom. The number of benzene rings is 2. The molecule has 3 nitrogen and oxygen atoms in total. The third-order valence-electron chi connectivity index (χ3n) is 3.10. The number of hydrogen-bond donors (Lipinski definition) is 1. The monoisotopic (exact) mass is 267 g/mol. The molecule has 0 fully saturated rings. The maximum atomic E-state index is 11.4. The van der Waals surface area contributed by atoms with Gasteiger partial charge in [0.2, 0.25) is 5.91 Å². The molecule has 0 saturated heterocycles. The van der Waals surface area contributed by atoms with Crippen LogP contribution in [0.15, 0.2) is 48.5 Å². The van der Waals surface area contributed by atoms with E-state index in [4.69, 9.17) is 0 Å². The number of nitrogens with one attached hydrogen (secondary N) is 1. The Labute approximate surface area is 118 Å². The van der Waals surface area contributed by atoms with E-state index in [0.717, 1.165) is 16.7 Å². The normalized spacial score (nSPS) is 10.1. The average molecular weight is 267 g/mol. The Balaban J connectivity index is 2.19. The molecule has 0 bridgehead atoms. The zero-order valence-electron chi connectivity index (χ0n) is 11.6. The van der Waals surface area contributed by atoms with Crippen molar-refractivity contribution in [2.24, 2.45) is 0 Å². The molecule has 20 heavy (non-hydrogen) atoms. The lowest BCUT2D eigenvalue weighted by Gasteiger charge is -2.06. The van der Waals surface area contributed by atoms with E-state index in [0.29, 0.717) is 12.1 Å². The quantitative estimate of drug-likeness (QED) is 0.865. The van der Waals surface area contributed by atoms with E-state index in [1.54, 1.807) is 6.92 Å². The zero-order chi connectivity index (χ0) is 14.5. The summed E-state index contributed by atoms with van der Waals surface area (Å²) < 4.78 is 0. The van der Waals surface area contributed by atoms with Gasteiger partial charge in [0, 0.05) is 19.0 Å². The maximum absolute atomic E-state index is 11.4. The largest absolute Gasteiger partial charge is 0.352 e. The molecule has 102 valence electrons. The van der Waals surface area contributed by atoms with Crippen LogP contribution in [0.1, 0.15) is 29.8 Å². The fourth-order valence-corrected chi connectivity index (χ4v) is 1.96. The van der Waals surface area contributed by atoms with Crippen LogP contribution in [0.25, 0.3) is 11.1 Å². The van der Waals surface area contributed by atoms with Gasteiger partial charge in [-0.2, -0.15) is 0 Å². The Morgan fingerprint density at radius 1 is 0.950 bits per heavy atom. The summed E-state index contributed by atoms with van der Waals surface area (Å²) in [4.78, 5) is 22.3. The summed E-state index contributed by atoms with van der Waals surface area (Å²) in [5, 5.41) is 2.76. The van der Waals surface area contributed by atoms with E-state index in [1.165, 1.54) is 6.92 Å². The molecule has 2 rings (SSSR count). The van der Waals surface area contributed by atoms with Gasteiger partial charge in [0.25, 0.3) is 0 Å². The van der Waals surface area contributed by atoms with Crippen LogP contribution >= 0.6 is 0 Å². The first-order valence-corrected chi connectivity index (χ1v) is 6.51. The van der Waals surface area contributed by atoms with Crippen molar-refractivity contribution in [1.29, 1.82) is 0 Å². The average Bonchev–Trinajstić information content (AvgIpc) is 2.46. The number of carbonyl (C=O) groups excluding carboxylic acids is 2. The Hall–Kier alpha value is -2.42. The summed E-state index contributed by atoms with van der Waals surface area (Å²) in [6, 6.07) is 15.5.